The van der Waals surface area contributed by atoms with Crippen molar-refractivity contribution in [3.8, 4) is 0 Å². The summed E-state index contributed by atoms with van der Waals surface area (Å²) < 4.78 is 0. The first-order valence-corrected chi connectivity index (χ1v) is 6.25. The number of nitrogens with two attached hydrogens (primary N) is 1. The van der Waals surface area contributed by atoms with Crippen molar-refractivity contribution in [1.82, 2.24) is 5.32 Å². The zero-order chi connectivity index (χ0) is 12.2. The summed E-state index contributed by atoms with van der Waals surface area (Å²) in [4.78, 5) is 11.9. The molecule has 1 fully saturated rings. The van der Waals surface area contributed by atoms with Crippen molar-refractivity contribution in [2.75, 3.05) is 6.54 Å². The Kier molecular flexibility index (Phi) is 4.33. The molecule has 4 nitrogen and oxygen atoms in total. The lowest BCUT2D eigenvalue weighted by Crippen LogP contribution is -2.55. The maximum absolute atomic E-state index is 11.9. The van der Waals surface area contributed by atoms with Gasteiger partial charge in [0, 0.05) is 6.54 Å². The first-order chi connectivity index (χ1) is 7.46. The number of rotatable bonds is 5. The van der Waals surface area contributed by atoms with Gasteiger partial charge in [0.05, 0.1) is 11.1 Å². The van der Waals surface area contributed by atoms with Gasteiger partial charge in [-0.3, -0.25) is 4.79 Å². The van der Waals surface area contributed by atoms with E-state index in [9.17, 15) is 9.90 Å². The van der Waals surface area contributed by atoms with Crippen LogP contribution >= 0.6 is 0 Å². The maximum Gasteiger partial charge on any atom is 0.240 e. The average molecular weight is 228 g/mol. The number of carbonyl (C=O) groups excluding carboxylic acids is 1. The Morgan fingerprint density at radius 3 is 2.31 bits per heavy atom. The minimum absolute atomic E-state index is 0.141. The van der Waals surface area contributed by atoms with Crippen molar-refractivity contribution in [2.45, 2.75) is 63.5 Å². The quantitative estimate of drug-likeness (QED) is 0.655. The summed E-state index contributed by atoms with van der Waals surface area (Å²) >= 11 is 0. The van der Waals surface area contributed by atoms with Gasteiger partial charge in [0.15, 0.2) is 0 Å². The van der Waals surface area contributed by atoms with Gasteiger partial charge in [-0.25, -0.2) is 0 Å². The number of carbonyl (C=O) groups is 1. The molecule has 4 heteroatoms. The first kappa shape index (κ1) is 13.5. The second-order valence-electron chi connectivity index (χ2n) is 4.98. The Labute approximate surface area is 97.6 Å². The van der Waals surface area contributed by atoms with Crippen LogP contribution < -0.4 is 11.1 Å². The number of hydrogen-bond donors (Lipinski definition) is 3. The largest absolute Gasteiger partial charge is 0.388 e. The van der Waals surface area contributed by atoms with Crippen molar-refractivity contribution < 1.29 is 9.90 Å². The molecule has 1 aliphatic rings. The lowest BCUT2D eigenvalue weighted by Gasteiger charge is -2.28. The molecule has 0 aliphatic heterocycles. The first-order valence-electron chi connectivity index (χ1n) is 6.25. The van der Waals surface area contributed by atoms with E-state index in [1.165, 1.54) is 0 Å². The smallest absolute Gasteiger partial charge is 0.240 e. The van der Waals surface area contributed by atoms with E-state index in [0.717, 1.165) is 25.7 Å². The van der Waals surface area contributed by atoms with Crippen LogP contribution in [-0.4, -0.2) is 28.7 Å². The molecule has 0 aromatic carbocycles. The van der Waals surface area contributed by atoms with Crippen LogP contribution in [0, 0.1) is 0 Å². The van der Waals surface area contributed by atoms with Crippen LogP contribution in [0.15, 0.2) is 0 Å². The molecule has 0 saturated heterocycles. The van der Waals surface area contributed by atoms with Crippen LogP contribution in [0.2, 0.25) is 0 Å². The monoisotopic (exact) mass is 228 g/mol. The van der Waals surface area contributed by atoms with Gasteiger partial charge in [-0.15, -0.1) is 0 Å². The molecule has 16 heavy (non-hydrogen) atoms. The van der Waals surface area contributed by atoms with Gasteiger partial charge in [0.1, 0.15) is 0 Å². The van der Waals surface area contributed by atoms with Crippen LogP contribution in [0.3, 0.4) is 0 Å². The fourth-order valence-corrected chi connectivity index (χ4v) is 2.20. The van der Waals surface area contributed by atoms with Crippen molar-refractivity contribution >= 4 is 5.91 Å². The maximum atomic E-state index is 11.9. The number of amides is 1. The van der Waals surface area contributed by atoms with Crippen LogP contribution in [0.5, 0.6) is 0 Å². The van der Waals surface area contributed by atoms with Crippen molar-refractivity contribution in [3.05, 3.63) is 0 Å². The molecule has 0 bridgehead atoms. The van der Waals surface area contributed by atoms with Crippen LogP contribution in [0.1, 0.15) is 52.4 Å². The van der Waals surface area contributed by atoms with E-state index < -0.39 is 11.1 Å². The van der Waals surface area contributed by atoms with Crippen molar-refractivity contribution in [2.24, 2.45) is 5.73 Å². The minimum atomic E-state index is -0.783. The summed E-state index contributed by atoms with van der Waals surface area (Å²) in [5.41, 5.74) is 4.50. The molecule has 0 aromatic rings. The van der Waals surface area contributed by atoms with E-state index in [2.05, 4.69) is 5.32 Å². The fraction of sp³-hybridized carbons (Fsp3) is 0.917. The predicted molar refractivity (Wildman–Crippen MR) is 63.9 cm³/mol. The van der Waals surface area contributed by atoms with E-state index in [-0.39, 0.29) is 5.91 Å². The zero-order valence-electron chi connectivity index (χ0n) is 10.4. The van der Waals surface area contributed by atoms with E-state index in [1.807, 2.05) is 13.8 Å². The summed E-state index contributed by atoms with van der Waals surface area (Å²) in [7, 11) is 0. The SMILES string of the molecule is CCC(N)(CC)C(=O)NCC1(O)CCCC1. The summed E-state index contributed by atoms with van der Waals surface area (Å²) in [5, 5.41) is 12.9. The highest BCUT2D eigenvalue weighted by molar-refractivity contribution is 5.85. The fourth-order valence-electron chi connectivity index (χ4n) is 2.20. The molecule has 1 aliphatic carbocycles. The van der Waals surface area contributed by atoms with Gasteiger partial charge in [0.2, 0.25) is 5.91 Å². The lowest BCUT2D eigenvalue weighted by atomic mass is 9.92. The van der Waals surface area contributed by atoms with Gasteiger partial charge < -0.3 is 16.2 Å². The molecule has 0 heterocycles. The molecule has 1 rings (SSSR count). The Hall–Kier alpha value is -0.610. The molecular formula is C12H24N2O2. The van der Waals surface area contributed by atoms with Gasteiger partial charge >= 0.3 is 0 Å². The van der Waals surface area contributed by atoms with Gasteiger partial charge in [-0.1, -0.05) is 26.7 Å². The van der Waals surface area contributed by atoms with E-state index in [0.29, 0.717) is 19.4 Å². The molecule has 4 N–H and O–H groups in total. The van der Waals surface area contributed by atoms with E-state index in [1.54, 1.807) is 0 Å². The number of nitrogens with one attached hydrogen (secondary N) is 1. The molecule has 1 amide bonds. The molecule has 0 aromatic heterocycles. The van der Waals surface area contributed by atoms with Crippen molar-refractivity contribution in [3.63, 3.8) is 0 Å². The standard InChI is InChI=1S/C12H24N2O2/c1-3-12(13,4-2)10(15)14-9-11(16)7-5-6-8-11/h16H,3-9,13H2,1-2H3,(H,14,15). The predicted octanol–water partition coefficient (Wildman–Crippen LogP) is 0.925. The zero-order valence-corrected chi connectivity index (χ0v) is 10.4. The minimum Gasteiger partial charge on any atom is -0.388 e. The Morgan fingerprint density at radius 1 is 1.38 bits per heavy atom. The second kappa shape index (κ2) is 5.15. The highest BCUT2D eigenvalue weighted by Gasteiger charge is 2.35. The third-order valence-electron chi connectivity index (χ3n) is 3.83. The third kappa shape index (κ3) is 2.95. The summed E-state index contributed by atoms with van der Waals surface area (Å²) in [6, 6.07) is 0. The number of aliphatic hydroxyl groups is 1. The molecule has 94 valence electrons. The highest BCUT2D eigenvalue weighted by atomic mass is 16.3. The lowest BCUT2D eigenvalue weighted by molar-refractivity contribution is -0.127. The van der Waals surface area contributed by atoms with E-state index in [4.69, 9.17) is 5.73 Å². The van der Waals surface area contributed by atoms with Crippen molar-refractivity contribution in [1.29, 1.82) is 0 Å². The third-order valence-corrected chi connectivity index (χ3v) is 3.83. The Morgan fingerprint density at radius 2 is 1.88 bits per heavy atom. The summed E-state index contributed by atoms with van der Waals surface area (Å²) in [6.45, 7) is 4.16. The highest BCUT2D eigenvalue weighted by Crippen LogP contribution is 2.28. The summed E-state index contributed by atoms with van der Waals surface area (Å²) in [5.74, 6) is -0.141. The Bertz CT molecular complexity index is 243. The molecule has 0 spiro atoms. The van der Waals surface area contributed by atoms with Gasteiger partial charge in [-0.2, -0.15) is 0 Å². The average Bonchev–Trinajstić information content (AvgIpc) is 2.72. The molecule has 0 atom stereocenters. The van der Waals surface area contributed by atoms with Crippen LogP contribution in [0.4, 0.5) is 0 Å². The topological polar surface area (TPSA) is 75.4 Å². The van der Waals surface area contributed by atoms with Gasteiger partial charge in [0.25, 0.3) is 0 Å². The molecule has 0 radical (unpaired) electrons. The summed E-state index contributed by atoms with van der Waals surface area (Å²) in [6.07, 6.45) is 4.89. The van der Waals surface area contributed by atoms with E-state index >= 15 is 0 Å². The normalized spacial score (nSPS) is 19.8. The molecule has 0 unspecified atom stereocenters. The van der Waals surface area contributed by atoms with Gasteiger partial charge in [-0.05, 0) is 25.7 Å². The van der Waals surface area contributed by atoms with Crippen LogP contribution in [-0.2, 0) is 4.79 Å². The Balaban J connectivity index is 2.45. The molecular weight excluding hydrogens is 204 g/mol. The molecule has 1 saturated carbocycles. The van der Waals surface area contributed by atoms with Crippen LogP contribution in [0.25, 0.3) is 0 Å². The number of hydrogen-bond acceptors (Lipinski definition) is 3. The second-order valence-corrected chi connectivity index (χ2v) is 4.98.